The highest BCUT2D eigenvalue weighted by atomic mass is 16.4. The minimum atomic E-state index is -1.23. The van der Waals surface area contributed by atoms with Crippen molar-refractivity contribution in [1.29, 1.82) is 0 Å². The van der Waals surface area contributed by atoms with Crippen molar-refractivity contribution in [3.05, 3.63) is 54.2 Å². The number of nitrogens with two attached hydrogens (primary N) is 2. The molecule has 41 heavy (non-hydrogen) atoms. The van der Waals surface area contributed by atoms with E-state index in [1.54, 1.807) is 6.20 Å². The summed E-state index contributed by atoms with van der Waals surface area (Å²) < 4.78 is 0. The number of aromatic amines is 2. The lowest BCUT2D eigenvalue weighted by molar-refractivity contribution is -0.145. The molecule has 0 aliphatic carbocycles. The number of H-pyrrole nitrogens is 2. The van der Waals surface area contributed by atoms with E-state index in [1.165, 1.54) is 17.4 Å². The molecule has 4 rings (SSSR count). The first kappa shape index (κ1) is 29.3. The highest BCUT2D eigenvalue weighted by Crippen LogP contribution is 2.23. The summed E-state index contributed by atoms with van der Waals surface area (Å²) in [5.74, 6) is -3.55. The summed E-state index contributed by atoms with van der Waals surface area (Å²) in [4.78, 5) is 74.3. The van der Waals surface area contributed by atoms with Gasteiger partial charge in [0, 0.05) is 54.8 Å². The third-order valence-electron chi connectivity index (χ3n) is 7.18. The molecule has 1 aromatic carbocycles. The number of hydrogen-bond acceptors (Lipinski definition) is 7. The Bertz CT molecular complexity index is 1400. The van der Waals surface area contributed by atoms with E-state index in [0.717, 1.165) is 16.5 Å². The van der Waals surface area contributed by atoms with Crippen LogP contribution in [0.1, 0.15) is 36.9 Å². The lowest BCUT2D eigenvalue weighted by atomic mass is 10.0. The number of carbonyl (C=O) groups is 5. The largest absolute Gasteiger partial charge is 0.480 e. The second-order valence-electron chi connectivity index (χ2n) is 10.1. The Morgan fingerprint density at radius 1 is 1.10 bits per heavy atom. The molecule has 4 atom stereocenters. The number of rotatable bonds is 13. The van der Waals surface area contributed by atoms with Crippen LogP contribution in [0.4, 0.5) is 0 Å². The molecule has 14 heteroatoms. The molecular weight excluding hydrogens is 532 g/mol. The molecule has 3 aromatic rings. The van der Waals surface area contributed by atoms with Crippen LogP contribution in [-0.2, 0) is 36.8 Å². The molecule has 0 spiro atoms. The number of fused-ring (bicyclic) bond motifs is 1. The Morgan fingerprint density at radius 3 is 2.59 bits per heavy atom. The zero-order chi connectivity index (χ0) is 29.5. The van der Waals surface area contributed by atoms with E-state index < -0.39 is 53.8 Å². The van der Waals surface area contributed by atoms with E-state index in [1.807, 2.05) is 24.3 Å². The van der Waals surface area contributed by atoms with Crippen LogP contribution in [0.25, 0.3) is 10.9 Å². The molecule has 9 N–H and O–H groups in total. The summed E-state index contributed by atoms with van der Waals surface area (Å²) in [6, 6.07) is 3.21. The van der Waals surface area contributed by atoms with Crippen molar-refractivity contribution in [2.24, 2.45) is 11.5 Å². The van der Waals surface area contributed by atoms with E-state index >= 15 is 0 Å². The number of para-hydroxylation sites is 1. The fourth-order valence-electron chi connectivity index (χ4n) is 5.02. The number of carboxylic acid groups (broad SMARTS) is 1. The molecule has 4 amide bonds. The van der Waals surface area contributed by atoms with Crippen molar-refractivity contribution in [3.8, 4) is 0 Å². The van der Waals surface area contributed by atoms with Gasteiger partial charge in [-0.2, -0.15) is 0 Å². The highest BCUT2D eigenvalue weighted by Gasteiger charge is 2.39. The molecule has 1 aliphatic heterocycles. The van der Waals surface area contributed by atoms with Crippen LogP contribution in [0.5, 0.6) is 0 Å². The van der Waals surface area contributed by atoms with Gasteiger partial charge in [0.15, 0.2) is 0 Å². The molecule has 0 radical (unpaired) electrons. The zero-order valence-corrected chi connectivity index (χ0v) is 22.3. The quantitative estimate of drug-likeness (QED) is 0.140. The molecular formula is C27H34N8O6. The Labute approximate surface area is 235 Å². The van der Waals surface area contributed by atoms with Gasteiger partial charge in [-0.1, -0.05) is 18.2 Å². The molecule has 2 aromatic heterocycles. The van der Waals surface area contributed by atoms with Crippen LogP contribution in [-0.4, -0.2) is 85.3 Å². The molecule has 1 fully saturated rings. The first-order valence-corrected chi connectivity index (χ1v) is 13.3. The Kier molecular flexibility index (Phi) is 9.34. The SMILES string of the molecule is NC(=O)CCC(N)C(=O)NC(Cc1c[nH]c2ccccc12)C(=O)N1CCCC1C(=O)NC(Cc1cnc[nH]1)C(=O)O. The summed E-state index contributed by atoms with van der Waals surface area (Å²) in [5, 5.41) is 15.8. The number of aliphatic carboxylic acids is 1. The molecule has 1 saturated heterocycles. The molecule has 1 aliphatic rings. The van der Waals surface area contributed by atoms with Gasteiger partial charge in [0.1, 0.15) is 18.1 Å². The number of carboxylic acids is 1. The second kappa shape index (κ2) is 13.1. The van der Waals surface area contributed by atoms with Gasteiger partial charge in [-0.3, -0.25) is 19.2 Å². The van der Waals surface area contributed by atoms with Crippen LogP contribution >= 0.6 is 0 Å². The van der Waals surface area contributed by atoms with Crippen molar-refractivity contribution in [3.63, 3.8) is 0 Å². The van der Waals surface area contributed by atoms with Crippen LogP contribution in [0, 0.1) is 0 Å². The number of aromatic nitrogens is 3. The topological polar surface area (TPSA) is 229 Å². The van der Waals surface area contributed by atoms with Crippen molar-refractivity contribution in [2.75, 3.05) is 6.54 Å². The van der Waals surface area contributed by atoms with Gasteiger partial charge in [0.05, 0.1) is 12.4 Å². The maximum atomic E-state index is 13.9. The maximum absolute atomic E-state index is 13.9. The number of nitrogens with one attached hydrogen (secondary N) is 4. The fourth-order valence-corrected chi connectivity index (χ4v) is 5.02. The number of imidazole rings is 1. The average Bonchev–Trinajstić information content (AvgIpc) is 3.72. The second-order valence-corrected chi connectivity index (χ2v) is 10.1. The van der Waals surface area contributed by atoms with Gasteiger partial charge in [-0.05, 0) is 30.9 Å². The minimum Gasteiger partial charge on any atom is -0.480 e. The Morgan fingerprint density at radius 2 is 1.88 bits per heavy atom. The van der Waals surface area contributed by atoms with Crippen LogP contribution in [0.15, 0.2) is 43.0 Å². The van der Waals surface area contributed by atoms with Gasteiger partial charge < -0.3 is 42.1 Å². The van der Waals surface area contributed by atoms with Gasteiger partial charge in [0.2, 0.25) is 23.6 Å². The summed E-state index contributed by atoms with van der Waals surface area (Å²) >= 11 is 0. The van der Waals surface area contributed by atoms with E-state index in [4.69, 9.17) is 11.5 Å². The Hall–Kier alpha value is -4.72. The smallest absolute Gasteiger partial charge is 0.326 e. The number of amides is 4. The molecule has 14 nitrogen and oxygen atoms in total. The van der Waals surface area contributed by atoms with Gasteiger partial charge >= 0.3 is 5.97 Å². The van der Waals surface area contributed by atoms with Crippen LogP contribution < -0.4 is 22.1 Å². The highest BCUT2D eigenvalue weighted by molar-refractivity contribution is 5.95. The summed E-state index contributed by atoms with van der Waals surface area (Å²) in [7, 11) is 0. The molecule has 218 valence electrons. The van der Waals surface area contributed by atoms with Crippen LogP contribution in [0.3, 0.4) is 0 Å². The maximum Gasteiger partial charge on any atom is 0.326 e. The molecule has 4 unspecified atom stereocenters. The van der Waals surface area contributed by atoms with Crippen molar-refractivity contribution >= 4 is 40.5 Å². The number of primary amides is 1. The van der Waals surface area contributed by atoms with Crippen LogP contribution in [0.2, 0.25) is 0 Å². The lowest BCUT2D eigenvalue weighted by Gasteiger charge is -2.30. The van der Waals surface area contributed by atoms with Gasteiger partial charge in [-0.15, -0.1) is 0 Å². The van der Waals surface area contributed by atoms with Crippen molar-refractivity contribution in [1.82, 2.24) is 30.5 Å². The number of nitrogens with zero attached hydrogens (tertiary/aromatic N) is 2. The fraction of sp³-hybridized carbons (Fsp3) is 0.407. The number of carbonyl (C=O) groups excluding carboxylic acids is 4. The monoisotopic (exact) mass is 566 g/mol. The molecule has 3 heterocycles. The summed E-state index contributed by atoms with van der Waals surface area (Å²) in [5.41, 5.74) is 13.3. The minimum absolute atomic E-state index is 0.00974. The van der Waals surface area contributed by atoms with Gasteiger partial charge in [-0.25, -0.2) is 9.78 Å². The third-order valence-corrected chi connectivity index (χ3v) is 7.18. The molecule has 0 saturated carbocycles. The zero-order valence-electron chi connectivity index (χ0n) is 22.3. The third kappa shape index (κ3) is 7.28. The summed E-state index contributed by atoms with van der Waals surface area (Å²) in [6.07, 6.45) is 5.52. The summed E-state index contributed by atoms with van der Waals surface area (Å²) in [6.45, 7) is 0.253. The number of likely N-dealkylation sites (tertiary alicyclic amines) is 1. The predicted molar refractivity (Wildman–Crippen MR) is 147 cm³/mol. The van der Waals surface area contributed by atoms with Crippen molar-refractivity contribution < 1.29 is 29.1 Å². The van der Waals surface area contributed by atoms with E-state index in [9.17, 15) is 29.1 Å². The predicted octanol–water partition coefficient (Wildman–Crippen LogP) is -0.686. The first-order chi connectivity index (χ1) is 19.6. The first-order valence-electron chi connectivity index (χ1n) is 13.3. The number of hydrogen-bond donors (Lipinski definition) is 7. The Balaban J connectivity index is 1.52. The lowest BCUT2D eigenvalue weighted by Crippen LogP contribution is -2.57. The number of benzene rings is 1. The van der Waals surface area contributed by atoms with Crippen molar-refractivity contribution in [2.45, 2.75) is 62.7 Å². The van der Waals surface area contributed by atoms with Gasteiger partial charge in [0.25, 0.3) is 0 Å². The standard InChI is InChI=1S/C27H34N8O6/c28-18(7-8-23(29)36)24(37)33-20(10-15-12-31-19-5-2-1-4-17(15)19)26(39)35-9-3-6-22(35)25(38)34-21(27(40)41)11-16-13-30-14-32-16/h1-2,4-5,12-14,18,20-22,31H,3,6-11,28H2,(H2,29,36)(H,30,32)(H,33,37)(H,34,38)(H,40,41). The average molecular weight is 567 g/mol. The normalized spacial score (nSPS) is 17.1. The van der Waals surface area contributed by atoms with E-state index in [2.05, 4.69) is 25.6 Å². The molecule has 0 bridgehead atoms. The van der Waals surface area contributed by atoms with E-state index in [-0.39, 0.29) is 32.2 Å². The van der Waals surface area contributed by atoms with E-state index in [0.29, 0.717) is 18.5 Å².